The number of anilines is 1. The number of aromatic nitrogens is 1. The molecule has 2 rings (SSSR count). The monoisotopic (exact) mass is 256 g/mol. The number of ether oxygens (including phenoxy) is 1. The molecule has 0 unspecified atom stereocenters. The summed E-state index contributed by atoms with van der Waals surface area (Å²) in [5.74, 6) is 0.496. The Bertz CT molecular complexity index is 500. The zero-order valence-electron chi connectivity index (χ0n) is 10.6. The van der Waals surface area contributed by atoms with Crippen LogP contribution in [0.4, 0.5) is 10.6 Å². The first-order valence-electron chi connectivity index (χ1n) is 6.23. The molecular weight excluding hydrogens is 240 g/mol. The Hall–Kier alpha value is -2.36. The van der Waals surface area contributed by atoms with Crippen LogP contribution in [0, 0.1) is 0 Å². The van der Waals surface area contributed by atoms with Crippen LogP contribution >= 0.6 is 0 Å². The fraction of sp³-hybridized carbons (Fsp3) is 0.200. The van der Waals surface area contributed by atoms with Gasteiger partial charge in [0, 0.05) is 6.20 Å². The van der Waals surface area contributed by atoms with Gasteiger partial charge in [-0.1, -0.05) is 36.4 Å². The van der Waals surface area contributed by atoms with Crippen LogP contribution in [0.25, 0.3) is 0 Å². The first kappa shape index (κ1) is 13.1. The number of benzene rings is 1. The normalized spacial score (nSPS) is 9.89. The van der Waals surface area contributed by atoms with Crippen LogP contribution < -0.4 is 5.32 Å². The molecule has 2 aromatic rings. The second-order valence-corrected chi connectivity index (χ2v) is 4.07. The highest BCUT2D eigenvalue weighted by Crippen LogP contribution is 2.04. The summed E-state index contributed by atoms with van der Waals surface area (Å²) >= 11 is 0. The van der Waals surface area contributed by atoms with E-state index in [0.29, 0.717) is 12.4 Å². The maximum Gasteiger partial charge on any atom is 0.412 e. The number of rotatable bonds is 5. The van der Waals surface area contributed by atoms with Crippen molar-refractivity contribution >= 4 is 11.9 Å². The lowest BCUT2D eigenvalue weighted by atomic mass is 10.1. The summed E-state index contributed by atoms with van der Waals surface area (Å²) in [4.78, 5) is 15.4. The third-order valence-electron chi connectivity index (χ3n) is 2.58. The molecule has 4 heteroatoms. The first-order chi connectivity index (χ1) is 9.34. The molecule has 1 aromatic carbocycles. The average molecular weight is 256 g/mol. The first-order valence-corrected chi connectivity index (χ1v) is 6.23. The van der Waals surface area contributed by atoms with Gasteiger partial charge in [0.1, 0.15) is 5.82 Å². The average Bonchev–Trinajstić information content (AvgIpc) is 2.46. The van der Waals surface area contributed by atoms with E-state index in [1.165, 1.54) is 5.56 Å². The highest BCUT2D eigenvalue weighted by Gasteiger charge is 2.02. The lowest BCUT2D eigenvalue weighted by molar-refractivity contribution is 0.160. The minimum Gasteiger partial charge on any atom is -0.449 e. The Balaban J connectivity index is 1.65. The van der Waals surface area contributed by atoms with E-state index < -0.39 is 6.09 Å². The summed E-state index contributed by atoms with van der Waals surface area (Å²) in [6, 6.07) is 15.4. The fourth-order valence-corrected chi connectivity index (χ4v) is 1.66. The highest BCUT2D eigenvalue weighted by atomic mass is 16.5. The summed E-state index contributed by atoms with van der Waals surface area (Å²) in [7, 11) is 0. The van der Waals surface area contributed by atoms with E-state index in [4.69, 9.17) is 4.74 Å². The van der Waals surface area contributed by atoms with Crippen molar-refractivity contribution in [2.75, 3.05) is 11.9 Å². The maximum atomic E-state index is 11.5. The molecule has 98 valence electrons. The molecule has 4 nitrogen and oxygen atoms in total. The smallest absolute Gasteiger partial charge is 0.412 e. The lowest BCUT2D eigenvalue weighted by Gasteiger charge is -2.06. The molecule has 0 saturated heterocycles. The topological polar surface area (TPSA) is 51.2 Å². The number of nitrogens with zero attached hydrogens (tertiary/aromatic N) is 1. The van der Waals surface area contributed by atoms with Crippen LogP contribution in [-0.4, -0.2) is 17.7 Å². The number of nitrogens with one attached hydrogen (secondary N) is 1. The second-order valence-electron chi connectivity index (χ2n) is 4.07. The van der Waals surface area contributed by atoms with Crippen molar-refractivity contribution in [2.45, 2.75) is 12.8 Å². The van der Waals surface area contributed by atoms with Crippen molar-refractivity contribution in [3.05, 3.63) is 60.3 Å². The van der Waals surface area contributed by atoms with Gasteiger partial charge in [0.2, 0.25) is 0 Å². The van der Waals surface area contributed by atoms with Gasteiger partial charge in [0.05, 0.1) is 6.61 Å². The van der Waals surface area contributed by atoms with Crippen molar-refractivity contribution in [2.24, 2.45) is 0 Å². The van der Waals surface area contributed by atoms with Gasteiger partial charge in [-0.25, -0.2) is 9.78 Å². The number of hydrogen-bond donors (Lipinski definition) is 1. The van der Waals surface area contributed by atoms with Gasteiger partial charge < -0.3 is 4.74 Å². The minimum absolute atomic E-state index is 0.396. The van der Waals surface area contributed by atoms with Crippen molar-refractivity contribution in [1.29, 1.82) is 0 Å². The van der Waals surface area contributed by atoms with Crippen LogP contribution in [-0.2, 0) is 11.2 Å². The molecular formula is C15H16N2O2. The SMILES string of the molecule is O=C(Nc1ccccn1)OCCCc1ccccc1. The van der Waals surface area contributed by atoms with E-state index in [9.17, 15) is 4.79 Å². The summed E-state index contributed by atoms with van der Waals surface area (Å²) in [6.07, 6.45) is 2.86. The van der Waals surface area contributed by atoms with Gasteiger partial charge in [-0.2, -0.15) is 0 Å². The molecule has 0 aliphatic rings. The molecule has 0 saturated carbocycles. The van der Waals surface area contributed by atoms with E-state index in [2.05, 4.69) is 22.4 Å². The molecule has 0 bridgehead atoms. The van der Waals surface area contributed by atoms with E-state index in [1.54, 1.807) is 24.4 Å². The van der Waals surface area contributed by atoms with Gasteiger partial charge in [0.15, 0.2) is 0 Å². The van der Waals surface area contributed by atoms with Crippen LogP contribution in [0.15, 0.2) is 54.7 Å². The Morgan fingerprint density at radius 3 is 2.63 bits per heavy atom. The number of carbonyl (C=O) groups excluding carboxylic acids is 1. The molecule has 0 spiro atoms. The highest BCUT2D eigenvalue weighted by molar-refractivity contribution is 5.83. The molecule has 0 radical (unpaired) electrons. The zero-order chi connectivity index (χ0) is 13.3. The molecule has 19 heavy (non-hydrogen) atoms. The minimum atomic E-state index is -0.466. The fourth-order valence-electron chi connectivity index (χ4n) is 1.66. The molecule has 0 aliphatic heterocycles. The Labute approximate surface area is 112 Å². The summed E-state index contributed by atoms with van der Waals surface area (Å²) in [5, 5.41) is 2.57. The molecule has 1 aromatic heterocycles. The van der Waals surface area contributed by atoms with Crippen LogP contribution in [0.2, 0.25) is 0 Å². The number of carbonyl (C=O) groups is 1. The largest absolute Gasteiger partial charge is 0.449 e. The second kappa shape index (κ2) is 7.16. The number of hydrogen-bond acceptors (Lipinski definition) is 3. The lowest BCUT2D eigenvalue weighted by Crippen LogP contribution is -2.15. The van der Waals surface area contributed by atoms with Crippen molar-refractivity contribution < 1.29 is 9.53 Å². The van der Waals surface area contributed by atoms with Gasteiger partial charge in [0.25, 0.3) is 0 Å². The van der Waals surface area contributed by atoms with Gasteiger partial charge in [-0.05, 0) is 30.5 Å². The summed E-state index contributed by atoms with van der Waals surface area (Å²) < 4.78 is 5.08. The van der Waals surface area contributed by atoms with E-state index in [0.717, 1.165) is 12.8 Å². The van der Waals surface area contributed by atoms with Crippen molar-refractivity contribution in [3.63, 3.8) is 0 Å². The Kier molecular flexibility index (Phi) is 4.93. The molecule has 1 heterocycles. The Morgan fingerprint density at radius 1 is 1.11 bits per heavy atom. The van der Waals surface area contributed by atoms with Crippen molar-refractivity contribution in [1.82, 2.24) is 4.98 Å². The Morgan fingerprint density at radius 2 is 1.89 bits per heavy atom. The quantitative estimate of drug-likeness (QED) is 0.835. The molecule has 0 atom stereocenters. The summed E-state index contributed by atoms with van der Waals surface area (Å²) in [6.45, 7) is 0.396. The zero-order valence-corrected chi connectivity index (χ0v) is 10.6. The summed E-state index contributed by atoms with van der Waals surface area (Å²) in [5.41, 5.74) is 1.25. The van der Waals surface area contributed by atoms with Gasteiger partial charge >= 0.3 is 6.09 Å². The predicted octanol–water partition coefficient (Wildman–Crippen LogP) is 3.26. The number of aryl methyl sites for hydroxylation is 1. The van der Waals surface area contributed by atoms with E-state index in [1.807, 2.05) is 18.2 Å². The molecule has 0 fully saturated rings. The van der Waals surface area contributed by atoms with Crippen LogP contribution in [0.1, 0.15) is 12.0 Å². The van der Waals surface area contributed by atoms with E-state index in [-0.39, 0.29) is 0 Å². The van der Waals surface area contributed by atoms with Crippen molar-refractivity contribution in [3.8, 4) is 0 Å². The third-order valence-corrected chi connectivity index (χ3v) is 2.58. The standard InChI is InChI=1S/C15H16N2O2/c18-15(17-14-10-4-5-11-16-14)19-12-6-9-13-7-2-1-3-8-13/h1-5,7-8,10-11H,6,9,12H2,(H,16,17,18). The van der Waals surface area contributed by atoms with Gasteiger partial charge in [-0.3, -0.25) is 5.32 Å². The molecule has 1 N–H and O–H groups in total. The maximum absolute atomic E-state index is 11.5. The number of pyridine rings is 1. The third kappa shape index (κ3) is 4.79. The van der Waals surface area contributed by atoms with Crippen LogP contribution in [0.5, 0.6) is 0 Å². The number of amides is 1. The molecule has 0 aliphatic carbocycles. The van der Waals surface area contributed by atoms with Gasteiger partial charge in [-0.15, -0.1) is 0 Å². The van der Waals surface area contributed by atoms with Crippen LogP contribution in [0.3, 0.4) is 0 Å². The van der Waals surface area contributed by atoms with E-state index >= 15 is 0 Å². The molecule has 1 amide bonds. The predicted molar refractivity (Wildman–Crippen MR) is 74.0 cm³/mol.